The number of hydrogen-bond acceptors (Lipinski definition) is 4. The topological polar surface area (TPSA) is 61.2 Å². The number of unbranched alkanes of at least 4 members (excludes halogenated alkanes) is 2. The molecule has 0 saturated heterocycles. The fraction of sp³-hybridized carbons (Fsp3) is 0.389. The highest BCUT2D eigenvalue weighted by Crippen LogP contribution is 2.32. The molecule has 0 fully saturated rings. The Kier molecular flexibility index (Phi) is 6.31. The van der Waals surface area contributed by atoms with Crippen LogP contribution in [0, 0.1) is 0 Å². The Bertz CT molecular complexity index is 780. The second-order valence-electron chi connectivity index (χ2n) is 5.70. The molecule has 5 nitrogen and oxygen atoms in total. The Morgan fingerprint density at radius 3 is 2.71 bits per heavy atom. The van der Waals surface area contributed by atoms with Crippen LogP contribution in [-0.4, -0.2) is 28.0 Å². The molecule has 2 rings (SSSR count). The van der Waals surface area contributed by atoms with Gasteiger partial charge in [-0.25, -0.2) is 0 Å². The van der Waals surface area contributed by atoms with Crippen LogP contribution < -0.4 is 4.74 Å². The number of benzene rings is 1. The molecule has 0 N–H and O–H groups in total. The van der Waals surface area contributed by atoms with E-state index >= 15 is 0 Å². The summed E-state index contributed by atoms with van der Waals surface area (Å²) in [5.41, 5.74) is 1.09. The minimum Gasteiger partial charge on any atom is -0.492 e. The highest BCUT2D eigenvalue weighted by molar-refractivity contribution is 9.10. The van der Waals surface area contributed by atoms with Gasteiger partial charge in [-0.05, 0) is 48.2 Å². The van der Waals surface area contributed by atoms with Crippen molar-refractivity contribution in [1.82, 2.24) is 9.78 Å². The van der Waals surface area contributed by atoms with E-state index in [0.717, 1.165) is 34.6 Å². The van der Waals surface area contributed by atoms with Crippen LogP contribution in [0.2, 0.25) is 0 Å². The van der Waals surface area contributed by atoms with E-state index in [9.17, 15) is 9.59 Å². The van der Waals surface area contributed by atoms with Gasteiger partial charge in [0.15, 0.2) is 11.6 Å². The summed E-state index contributed by atoms with van der Waals surface area (Å²) in [6, 6.07) is 3.66. The highest BCUT2D eigenvalue weighted by atomic mass is 79.9. The molecule has 0 unspecified atom stereocenters. The zero-order valence-electron chi connectivity index (χ0n) is 14.0. The Morgan fingerprint density at radius 1 is 1.33 bits per heavy atom. The Labute approximate surface area is 149 Å². The fourth-order valence-corrected chi connectivity index (χ4v) is 2.91. The van der Waals surface area contributed by atoms with Gasteiger partial charge in [-0.3, -0.25) is 14.3 Å². The largest absolute Gasteiger partial charge is 0.492 e. The van der Waals surface area contributed by atoms with Crippen LogP contribution in [0.25, 0.3) is 10.9 Å². The molecule has 0 spiro atoms. The number of halogens is 1. The zero-order valence-corrected chi connectivity index (χ0v) is 15.6. The Balaban J connectivity index is 2.33. The fourth-order valence-electron chi connectivity index (χ4n) is 2.45. The molecule has 128 valence electrons. The number of allylic oxidation sites excluding steroid dienone is 1. The van der Waals surface area contributed by atoms with Crippen LogP contribution in [0.1, 0.15) is 43.6 Å². The summed E-state index contributed by atoms with van der Waals surface area (Å²) in [5.74, 6) is 0.525. The van der Waals surface area contributed by atoms with Crippen molar-refractivity contribution >= 4 is 38.4 Å². The molecule has 0 saturated carbocycles. The molecule has 0 bridgehead atoms. The molecule has 6 heteroatoms. The lowest BCUT2D eigenvalue weighted by atomic mass is 10.1. The Hall–Kier alpha value is -1.95. The molecule has 1 aromatic carbocycles. The number of Topliss-reactive ketones (excluding diaryl/α,β-unsaturated/α-hetero) is 2. The van der Waals surface area contributed by atoms with E-state index in [1.165, 1.54) is 13.8 Å². The molecule has 0 amide bonds. The van der Waals surface area contributed by atoms with E-state index in [1.807, 2.05) is 18.2 Å². The lowest BCUT2D eigenvalue weighted by Crippen LogP contribution is -2.08. The van der Waals surface area contributed by atoms with Gasteiger partial charge < -0.3 is 4.74 Å². The summed E-state index contributed by atoms with van der Waals surface area (Å²) >= 11 is 3.49. The summed E-state index contributed by atoms with van der Waals surface area (Å²) < 4.78 is 8.16. The molecule has 0 aliphatic carbocycles. The van der Waals surface area contributed by atoms with Crippen molar-refractivity contribution in [3.63, 3.8) is 0 Å². The van der Waals surface area contributed by atoms with Gasteiger partial charge in [0.2, 0.25) is 0 Å². The maximum atomic E-state index is 11.8. The molecule has 1 aromatic heterocycles. The van der Waals surface area contributed by atoms with Gasteiger partial charge >= 0.3 is 0 Å². The summed E-state index contributed by atoms with van der Waals surface area (Å²) in [6.45, 7) is 7.39. The summed E-state index contributed by atoms with van der Waals surface area (Å²) in [4.78, 5) is 23.3. The average molecular weight is 393 g/mol. The van der Waals surface area contributed by atoms with Crippen molar-refractivity contribution < 1.29 is 14.3 Å². The van der Waals surface area contributed by atoms with Crippen LogP contribution >= 0.6 is 15.9 Å². The minimum absolute atomic E-state index is 0.0238. The van der Waals surface area contributed by atoms with E-state index in [-0.39, 0.29) is 18.1 Å². The molecule has 1 heterocycles. The third kappa shape index (κ3) is 4.32. The van der Waals surface area contributed by atoms with Crippen LogP contribution in [0.3, 0.4) is 0 Å². The Morgan fingerprint density at radius 2 is 2.08 bits per heavy atom. The molecule has 2 aromatic rings. The van der Waals surface area contributed by atoms with Crippen LogP contribution in [0.5, 0.6) is 5.75 Å². The molecule has 0 aliphatic heterocycles. The van der Waals surface area contributed by atoms with Gasteiger partial charge in [0.25, 0.3) is 0 Å². The van der Waals surface area contributed by atoms with E-state index in [0.29, 0.717) is 18.1 Å². The van der Waals surface area contributed by atoms with Crippen molar-refractivity contribution in [2.24, 2.45) is 0 Å². The van der Waals surface area contributed by atoms with Crippen LogP contribution in [0.4, 0.5) is 0 Å². The monoisotopic (exact) mass is 392 g/mol. The van der Waals surface area contributed by atoms with Crippen molar-refractivity contribution in [2.45, 2.75) is 39.7 Å². The second kappa shape index (κ2) is 8.24. The second-order valence-corrected chi connectivity index (χ2v) is 6.55. The predicted octanol–water partition coefficient (Wildman–Crippen LogP) is 4.33. The normalized spacial score (nSPS) is 10.8. The standard InChI is InChI=1S/C18H21BrN2O3/c1-4-5-6-7-8-24-17-10-16-14(9-15(17)19)18(13(3)23)20-21(16)11-12(2)22/h4,9-10H,1,5-8,11H2,2-3H3. The third-order valence-corrected chi connectivity index (χ3v) is 4.19. The van der Waals surface area contributed by atoms with Crippen molar-refractivity contribution in [3.05, 3.63) is 35.0 Å². The molecule has 0 atom stereocenters. The summed E-state index contributed by atoms with van der Waals surface area (Å²) in [5, 5.41) is 5.01. The van der Waals surface area contributed by atoms with E-state index < -0.39 is 0 Å². The highest BCUT2D eigenvalue weighted by Gasteiger charge is 2.17. The molecular weight excluding hydrogens is 372 g/mol. The first kappa shape index (κ1) is 18.4. The van der Waals surface area contributed by atoms with E-state index in [2.05, 4.69) is 27.6 Å². The maximum Gasteiger partial charge on any atom is 0.180 e. The number of aromatic nitrogens is 2. The third-order valence-electron chi connectivity index (χ3n) is 3.57. The molecule has 24 heavy (non-hydrogen) atoms. The maximum absolute atomic E-state index is 11.8. The van der Waals surface area contributed by atoms with E-state index in [4.69, 9.17) is 4.74 Å². The van der Waals surface area contributed by atoms with Crippen LogP contribution in [-0.2, 0) is 11.3 Å². The number of rotatable bonds is 9. The van der Waals surface area contributed by atoms with E-state index in [1.54, 1.807) is 4.68 Å². The van der Waals surface area contributed by atoms with Gasteiger partial charge in [-0.2, -0.15) is 5.10 Å². The average Bonchev–Trinajstić information content (AvgIpc) is 2.84. The number of carbonyl (C=O) groups excluding carboxylic acids is 2. The number of hydrogen-bond donors (Lipinski definition) is 0. The SMILES string of the molecule is C=CCCCCOc1cc2c(cc1Br)c(C(C)=O)nn2CC(C)=O. The zero-order chi connectivity index (χ0) is 17.7. The predicted molar refractivity (Wildman–Crippen MR) is 97.7 cm³/mol. The summed E-state index contributed by atoms with van der Waals surface area (Å²) in [7, 11) is 0. The van der Waals surface area contributed by atoms with Crippen molar-refractivity contribution in [3.8, 4) is 5.75 Å². The van der Waals surface area contributed by atoms with Gasteiger partial charge in [0.1, 0.15) is 11.4 Å². The van der Waals surface area contributed by atoms with Gasteiger partial charge in [-0.15, -0.1) is 6.58 Å². The lowest BCUT2D eigenvalue weighted by Gasteiger charge is -2.09. The molecule has 0 aliphatic rings. The van der Waals surface area contributed by atoms with Gasteiger partial charge in [-0.1, -0.05) is 6.08 Å². The van der Waals surface area contributed by atoms with Gasteiger partial charge in [0.05, 0.1) is 23.1 Å². The molecular formula is C18H21BrN2O3. The van der Waals surface area contributed by atoms with Crippen LogP contribution in [0.15, 0.2) is 29.3 Å². The van der Waals surface area contributed by atoms with Crippen molar-refractivity contribution in [1.29, 1.82) is 0 Å². The smallest absolute Gasteiger partial charge is 0.180 e. The lowest BCUT2D eigenvalue weighted by molar-refractivity contribution is -0.117. The number of carbonyl (C=O) groups is 2. The number of fused-ring (bicyclic) bond motifs is 1. The number of ether oxygens (including phenoxy) is 1. The first-order valence-electron chi connectivity index (χ1n) is 7.88. The minimum atomic E-state index is -0.132. The van der Waals surface area contributed by atoms with Gasteiger partial charge in [0, 0.05) is 18.4 Å². The number of nitrogens with zero attached hydrogens (tertiary/aromatic N) is 2. The molecule has 0 radical (unpaired) electrons. The summed E-state index contributed by atoms with van der Waals surface area (Å²) in [6.07, 6.45) is 4.82. The first-order valence-corrected chi connectivity index (χ1v) is 8.67. The number of ketones is 2. The quantitative estimate of drug-likeness (QED) is 0.362. The van der Waals surface area contributed by atoms with Crippen molar-refractivity contribution in [2.75, 3.05) is 6.61 Å². The first-order chi connectivity index (χ1) is 11.4.